The molecule has 0 aliphatic rings. The number of pyridine rings is 2. The lowest BCUT2D eigenvalue weighted by Crippen LogP contribution is -1.92. The van der Waals surface area contributed by atoms with Crippen LogP contribution in [-0.2, 0) is 0 Å². The molecule has 0 amide bonds. The van der Waals surface area contributed by atoms with Crippen LogP contribution in [0.4, 0.5) is 0 Å². The molecular formula is C100H62N2S2. The van der Waals surface area contributed by atoms with E-state index >= 15 is 0 Å². The molecular weight excluding hydrogens is 1290 g/mol. The molecule has 21 rings (SSSR count). The normalized spacial score (nSPS) is 11.7. The summed E-state index contributed by atoms with van der Waals surface area (Å²) in [5, 5.41) is 20.3. The first-order valence-electron chi connectivity index (χ1n) is 35.5. The van der Waals surface area contributed by atoms with E-state index in [9.17, 15) is 0 Å². The molecule has 0 saturated heterocycles. The lowest BCUT2D eigenvalue weighted by atomic mass is 9.86. The Morgan fingerprint density at radius 1 is 0.173 bits per heavy atom. The summed E-state index contributed by atoms with van der Waals surface area (Å²) in [5.41, 5.74) is 21.2. The Balaban J connectivity index is 0.000000139. The van der Waals surface area contributed by atoms with E-state index in [2.05, 4.69) is 370 Å². The van der Waals surface area contributed by atoms with Crippen LogP contribution in [0.15, 0.2) is 376 Å². The SMILES string of the molecule is c1ccc(-c2ccc(-c3c4ccccc4c(-c4ccc(-c5ccc(-c6ccc7sc8ccc9ccccc9c8c7c6)cc5)nc4)c4ccccc34)cc2)cc1.c1ccc(-c2ccc(-c3c4ccccc4c(-c4ccc(-c5cccc6sc7ccc8ccccc8c7c56)nc4)c4ccccc34)cc2)cc1. The van der Waals surface area contributed by atoms with E-state index in [1.165, 1.54) is 177 Å². The molecule has 0 aliphatic heterocycles. The number of fused-ring (bicyclic) bond motifs is 14. The van der Waals surface area contributed by atoms with E-state index in [1.807, 2.05) is 28.9 Å². The minimum Gasteiger partial charge on any atom is -0.256 e. The average molecular weight is 1360 g/mol. The van der Waals surface area contributed by atoms with Crippen LogP contribution in [0.1, 0.15) is 0 Å². The van der Waals surface area contributed by atoms with Crippen molar-refractivity contribution in [2.75, 3.05) is 0 Å². The molecule has 0 atom stereocenters. The van der Waals surface area contributed by atoms with Gasteiger partial charge in [-0.2, -0.15) is 0 Å². The topological polar surface area (TPSA) is 25.8 Å². The molecule has 4 heteroatoms. The van der Waals surface area contributed by atoms with Crippen molar-refractivity contribution in [1.82, 2.24) is 9.97 Å². The third kappa shape index (κ3) is 10.5. The molecule has 2 nitrogen and oxygen atoms in total. The van der Waals surface area contributed by atoms with Crippen LogP contribution in [0.2, 0.25) is 0 Å². The molecule has 0 bridgehead atoms. The monoisotopic (exact) mass is 1350 g/mol. The molecule has 104 heavy (non-hydrogen) atoms. The average Bonchev–Trinajstić information content (AvgIpc) is 1.19. The number of hydrogen-bond acceptors (Lipinski definition) is 4. The lowest BCUT2D eigenvalue weighted by molar-refractivity contribution is 1.33. The van der Waals surface area contributed by atoms with Gasteiger partial charge in [-0.25, -0.2) is 0 Å². The van der Waals surface area contributed by atoms with Gasteiger partial charge in [0.2, 0.25) is 0 Å². The summed E-state index contributed by atoms with van der Waals surface area (Å²) in [6.07, 6.45) is 4.12. The van der Waals surface area contributed by atoms with Gasteiger partial charge in [0.05, 0.1) is 11.4 Å². The molecule has 0 fully saturated rings. The van der Waals surface area contributed by atoms with Crippen molar-refractivity contribution >= 4 is 128 Å². The van der Waals surface area contributed by atoms with Crippen LogP contribution in [0.5, 0.6) is 0 Å². The van der Waals surface area contributed by atoms with Crippen LogP contribution < -0.4 is 0 Å². The molecule has 0 saturated carbocycles. The van der Waals surface area contributed by atoms with Gasteiger partial charge in [0.1, 0.15) is 0 Å². The van der Waals surface area contributed by atoms with Gasteiger partial charge in [-0.05, 0) is 174 Å². The van der Waals surface area contributed by atoms with Gasteiger partial charge in [-0.3, -0.25) is 9.97 Å². The van der Waals surface area contributed by atoms with Crippen LogP contribution in [0, 0.1) is 0 Å². The molecule has 0 radical (unpaired) electrons. The molecule has 0 spiro atoms. The first-order chi connectivity index (χ1) is 51.6. The third-order valence-electron chi connectivity index (χ3n) is 21.1. The van der Waals surface area contributed by atoms with Gasteiger partial charge in [0.25, 0.3) is 0 Å². The molecule has 21 aromatic rings. The zero-order chi connectivity index (χ0) is 68.6. The minimum atomic E-state index is 0.963. The van der Waals surface area contributed by atoms with E-state index in [1.54, 1.807) is 0 Å². The standard InChI is InChI=1S/C53H33NS.C47H29NS/c1-2-10-34(11-3-1)35-20-24-39(25-21-35)51-43-14-6-8-16-45(43)52(46-17-9-7-15-44(46)51)41-26-29-48(54-33-41)38-22-18-36(19-23-38)40-28-30-49-47(32-40)53-42-13-5-4-12-37(42)27-31-50(53)55-49;1-2-11-30(12-3-1)31-21-23-33(24-22-31)44-36-15-6-8-17-38(36)45(39-18-9-7-16-37(39)44)34-25-27-41(48-29-34)40-19-10-20-42-47(40)46-35-14-5-4-13-32(35)26-28-43(46)49-42/h1-33H;1-29H. The molecule has 0 N–H and O–H groups in total. The van der Waals surface area contributed by atoms with Gasteiger partial charge < -0.3 is 0 Å². The Bertz CT molecular complexity index is 6780. The van der Waals surface area contributed by atoms with E-state index in [4.69, 9.17) is 9.97 Å². The van der Waals surface area contributed by atoms with Gasteiger partial charge in [0, 0.05) is 75.0 Å². The highest BCUT2D eigenvalue weighted by molar-refractivity contribution is 7.26. The number of nitrogens with zero attached hydrogens (tertiary/aromatic N) is 2. The van der Waals surface area contributed by atoms with Crippen LogP contribution >= 0.6 is 22.7 Å². The first kappa shape index (κ1) is 61.0. The quantitative estimate of drug-likeness (QED) is 0.135. The fourth-order valence-electron chi connectivity index (χ4n) is 16.2. The maximum absolute atomic E-state index is 5.18. The van der Waals surface area contributed by atoms with Crippen LogP contribution in [0.25, 0.3) is 205 Å². The summed E-state index contributed by atoms with van der Waals surface area (Å²) in [6.45, 7) is 0. The van der Waals surface area contributed by atoms with E-state index in [0.717, 1.165) is 28.1 Å². The second-order valence-corrected chi connectivity index (χ2v) is 29.1. The van der Waals surface area contributed by atoms with Crippen molar-refractivity contribution in [3.05, 3.63) is 376 Å². The molecule has 4 heterocycles. The van der Waals surface area contributed by atoms with Crippen LogP contribution in [0.3, 0.4) is 0 Å². The predicted octanol–water partition coefficient (Wildman–Crippen LogP) is 28.8. The highest BCUT2D eigenvalue weighted by atomic mass is 32.1. The second-order valence-electron chi connectivity index (χ2n) is 26.9. The molecule has 0 unspecified atom stereocenters. The number of hydrogen-bond donors (Lipinski definition) is 0. The van der Waals surface area contributed by atoms with E-state index < -0.39 is 0 Å². The maximum Gasteiger partial charge on any atom is 0.0709 e. The number of benzene rings is 17. The maximum atomic E-state index is 5.18. The number of rotatable bonds is 9. The molecule has 0 aliphatic carbocycles. The summed E-state index contributed by atoms with van der Waals surface area (Å²) in [6, 6.07) is 132. The van der Waals surface area contributed by atoms with Crippen molar-refractivity contribution in [2.24, 2.45) is 0 Å². The van der Waals surface area contributed by atoms with Gasteiger partial charge in [0.15, 0.2) is 0 Å². The summed E-state index contributed by atoms with van der Waals surface area (Å²) in [4.78, 5) is 10.2. The Labute approximate surface area is 610 Å². The third-order valence-corrected chi connectivity index (χ3v) is 23.3. The highest BCUT2D eigenvalue weighted by Crippen LogP contribution is 2.49. The van der Waals surface area contributed by atoms with Crippen molar-refractivity contribution in [2.45, 2.75) is 0 Å². The summed E-state index contributed by atoms with van der Waals surface area (Å²) < 4.78 is 5.26. The fraction of sp³-hybridized carbons (Fsp3) is 0. The van der Waals surface area contributed by atoms with Crippen molar-refractivity contribution < 1.29 is 0 Å². The van der Waals surface area contributed by atoms with Gasteiger partial charge in [-0.1, -0.05) is 322 Å². The molecule has 17 aromatic carbocycles. The van der Waals surface area contributed by atoms with Crippen molar-refractivity contribution in [3.8, 4) is 100 Å². The number of thiophene rings is 2. The van der Waals surface area contributed by atoms with Gasteiger partial charge in [-0.15, -0.1) is 22.7 Å². The fourth-order valence-corrected chi connectivity index (χ4v) is 18.4. The smallest absolute Gasteiger partial charge is 0.0709 e. The first-order valence-corrected chi connectivity index (χ1v) is 37.1. The van der Waals surface area contributed by atoms with Crippen LogP contribution in [-0.4, -0.2) is 9.97 Å². The van der Waals surface area contributed by atoms with Crippen molar-refractivity contribution in [1.29, 1.82) is 0 Å². The van der Waals surface area contributed by atoms with E-state index in [0.29, 0.717) is 0 Å². The summed E-state index contributed by atoms with van der Waals surface area (Å²) >= 11 is 3.73. The van der Waals surface area contributed by atoms with Gasteiger partial charge >= 0.3 is 0 Å². The lowest BCUT2D eigenvalue weighted by Gasteiger charge is -2.18. The summed E-state index contributed by atoms with van der Waals surface area (Å²) in [5.74, 6) is 0. The Morgan fingerprint density at radius 3 is 0.962 bits per heavy atom. The summed E-state index contributed by atoms with van der Waals surface area (Å²) in [7, 11) is 0. The largest absolute Gasteiger partial charge is 0.256 e. The Hall–Kier alpha value is -13.0. The highest BCUT2D eigenvalue weighted by Gasteiger charge is 2.22. The second kappa shape index (κ2) is 25.6. The Morgan fingerprint density at radius 2 is 0.500 bits per heavy atom. The molecule has 484 valence electrons. The van der Waals surface area contributed by atoms with E-state index in [-0.39, 0.29) is 0 Å². The minimum absolute atomic E-state index is 0.963. The zero-order valence-corrected chi connectivity index (χ0v) is 58.1. The zero-order valence-electron chi connectivity index (χ0n) is 56.5. The van der Waals surface area contributed by atoms with Crippen molar-refractivity contribution in [3.63, 3.8) is 0 Å². The molecule has 4 aromatic heterocycles. The number of aromatic nitrogens is 2. The Kier molecular flexibility index (Phi) is 15.0. The predicted molar refractivity (Wildman–Crippen MR) is 448 cm³/mol.